The molecule has 8 rings (SSSR count). The van der Waals surface area contributed by atoms with Crippen LogP contribution in [-0.4, -0.2) is 41.2 Å². The number of carboxylic acids is 1. The largest absolute Gasteiger partial charge is 0.495 e. The van der Waals surface area contributed by atoms with Gasteiger partial charge < -0.3 is 36.5 Å². The topological polar surface area (TPSA) is 191 Å². The number of rotatable bonds is 9. The summed E-state index contributed by atoms with van der Waals surface area (Å²) < 4.78 is 85.5. The highest BCUT2D eigenvalue weighted by Crippen LogP contribution is 2.36. The van der Waals surface area contributed by atoms with Crippen LogP contribution < -0.4 is 52.5 Å². The lowest BCUT2D eigenvalue weighted by atomic mass is 10.0. The molecule has 0 bridgehead atoms. The lowest BCUT2D eigenvalue weighted by molar-refractivity contribution is -0.138. The van der Waals surface area contributed by atoms with Crippen molar-refractivity contribution in [3.63, 3.8) is 0 Å². The van der Waals surface area contributed by atoms with Gasteiger partial charge in [0.25, 0.3) is 5.91 Å². The minimum atomic E-state index is -4.55. The molecule has 67 heavy (non-hydrogen) atoms. The van der Waals surface area contributed by atoms with Gasteiger partial charge in [-0.3, -0.25) is 24.8 Å². The highest BCUT2D eigenvalue weighted by molar-refractivity contribution is 6.05. The molecule has 0 saturated carbocycles. The van der Waals surface area contributed by atoms with Crippen molar-refractivity contribution in [1.29, 1.82) is 0 Å². The number of alkyl halides is 6. The molecule has 0 saturated heterocycles. The summed E-state index contributed by atoms with van der Waals surface area (Å²) in [7, 11) is 2.67. The van der Waals surface area contributed by atoms with Gasteiger partial charge in [0, 0.05) is 41.5 Å². The van der Waals surface area contributed by atoms with Gasteiger partial charge in [0.1, 0.15) is 11.5 Å². The number of benzene rings is 4. The quantitative estimate of drug-likeness (QED) is 0.0538. The van der Waals surface area contributed by atoms with Crippen LogP contribution in [0.2, 0.25) is 0 Å². The number of hydrogen-bond donors (Lipinski definition) is 7. The zero-order valence-electron chi connectivity index (χ0n) is 35.9. The summed E-state index contributed by atoms with van der Waals surface area (Å²) in [6.45, 7) is 3.83. The third-order valence-corrected chi connectivity index (χ3v) is 9.88. The summed E-state index contributed by atoms with van der Waals surface area (Å²) in [6.07, 6.45) is 1.57. The van der Waals surface area contributed by atoms with Gasteiger partial charge in [-0.1, -0.05) is 12.1 Å². The highest BCUT2D eigenvalue weighted by Gasteiger charge is 2.32. The van der Waals surface area contributed by atoms with E-state index in [2.05, 4.69) is 37.2 Å². The second kappa shape index (κ2) is 20.7. The number of nitrogens with zero attached hydrogens (tertiary/aromatic N) is 4. The SMILES string of the molecule is COc1ccc(C(F)(F)F)cc1N.COc1ccc(C(F)(F)F)cc1NC(=O)c1ccc(C)c(C2=CN(c3cccnc3)NN2)c1.Cc1ccc(C(=O)O)cc1C1=CN(c2cccnc2)NN1. The van der Waals surface area contributed by atoms with Crippen molar-refractivity contribution >= 4 is 46.0 Å². The van der Waals surface area contributed by atoms with E-state index < -0.39 is 35.4 Å². The molecule has 4 heterocycles. The van der Waals surface area contributed by atoms with Gasteiger partial charge in [-0.25, -0.2) is 4.79 Å². The van der Waals surface area contributed by atoms with Crippen LogP contribution >= 0.6 is 0 Å². The molecular weight excluding hydrogens is 887 g/mol. The van der Waals surface area contributed by atoms with Crippen LogP contribution in [0.4, 0.5) is 49.1 Å². The monoisotopic (exact) mass is 928 g/mol. The number of aromatic carboxylic acids is 1. The van der Waals surface area contributed by atoms with Gasteiger partial charge in [0.05, 0.1) is 77.4 Å². The standard InChI is InChI=1S/C23H20F3N5O2.C15H14N4O2.C8H8F3NO/c1-14-5-6-15(10-18(14)20-13-31(30-29-20)17-4-3-9-27-12-17)22(32)28-19-11-16(23(24,25)26)7-8-21(19)33-2;1-10-4-5-11(15(20)21)7-13(10)14-9-19(18-17-14)12-3-2-6-16-8-12;1-13-7-3-2-5(4-6(7)12)8(9,10)11/h3-13,29-30H,1-2H3,(H,28,32);2-9,17-18H,1H3,(H,20,21);2-4H,12H2,1H3. The number of amides is 1. The summed E-state index contributed by atoms with van der Waals surface area (Å²) >= 11 is 0. The molecular formula is C46H42F6N10O5. The maximum atomic E-state index is 13.1. The van der Waals surface area contributed by atoms with Gasteiger partial charge in [0.2, 0.25) is 0 Å². The number of carbonyl (C=O) groups excluding carboxylic acids is 1. The molecule has 0 radical (unpaired) electrons. The van der Waals surface area contributed by atoms with E-state index in [1.807, 2.05) is 44.4 Å². The average Bonchev–Trinajstić information content (AvgIpc) is 4.01. The number of pyridine rings is 2. The Kier molecular flexibility index (Phi) is 14.9. The third-order valence-electron chi connectivity index (χ3n) is 9.88. The smallest absolute Gasteiger partial charge is 0.416 e. The van der Waals surface area contributed by atoms with Crippen molar-refractivity contribution in [3.05, 3.63) is 179 Å². The summed E-state index contributed by atoms with van der Waals surface area (Å²) in [6, 6.07) is 23.4. The predicted molar refractivity (Wildman–Crippen MR) is 240 cm³/mol. The minimum Gasteiger partial charge on any atom is -0.495 e. The molecule has 2 aromatic heterocycles. The Morgan fingerprint density at radius 3 is 1.58 bits per heavy atom. The van der Waals surface area contributed by atoms with E-state index in [4.69, 9.17) is 20.3 Å². The van der Waals surface area contributed by atoms with Crippen molar-refractivity contribution < 1.29 is 50.5 Å². The Morgan fingerprint density at radius 1 is 0.657 bits per heavy atom. The number of nitrogen functional groups attached to an aromatic ring is 1. The Morgan fingerprint density at radius 2 is 1.13 bits per heavy atom. The number of carboxylic acid groups (broad SMARTS) is 1. The maximum absolute atomic E-state index is 13.1. The van der Waals surface area contributed by atoms with E-state index in [-0.39, 0.29) is 34.0 Å². The molecule has 0 aliphatic carbocycles. The van der Waals surface area contributed by atoms with Gasteiger partial charge in [-0.05, 0) is 110 Å². The average molecular weight is 929 g/mol. The first kappa shape index (κ1) is 48.2. The summed E-state index contributed by atoms with van der Waals surface area (Å²) in [5.41, 5.74) is 22.9. The zero-order valence-corrected chi connectivity index (χ0v) is 35.9. The summed E-state index contributed by atoms with van der Waals surface area (Å²) in [5, 5.41) is 15.1. The van der Waals surface area contributed by atoms with Crippen LogP contribution in [0.1, 0.15) is 54.1 Å². The third kappa shape index (κ3) is 12.1. The Hall–Kier alpha value is -8.30. The van der Waals surface area contributed by atoms with Gasteiger partial charge in [-0.15, -0.1) is 11.1 Å². The zero-order chi connectivity index (χ0) is 48.5. The molecule has 2 aliphatic rings. The Labute approximate surface area is 379 Å². The molecule has 8 N–H and O–H groups in total. The van der Waals surface area contributed by atoms with Crippen molar-refractivity contribution in [2.24, 2.45) is 0 Å². The molecule has 2 aliphatic heterocycles. The van der Waals surface area contributed by atoms with Crippen molar-refractivity contribution in [2.45, 2.75) is 26.2 Å². The van der Waals surface area contributed by atoms with Gasteiger partial charge >= 0.3 is 18.3 Å². The number of hydrazine groups is 4. The number of carbonyl (C=O) groups is 2. The van der Waals surface area contributed by atoms with Crippen LogP contribution in [0.25, 0.3) is 11.4 Å². The molecule has 1 amide bonds. The highest BCUT2D eigenvalue weighted by atomic mass is 19.4. The van der Waals surface area contributed by atoms with Gasteiger partial charge in [0.15, 0.2) is 0 Å². The molecule has 0 atom stereocenters. The van der Waals surface area contributed by atoms with E-state index in [1.165, 1.54) is 26.4 Å². The molecule has 0 fully saturated rings. The second-order valence-electron chi connectivity index (χ2n) is 14.4. The molecule has 348 valence electrons. The predicted octanol–water partition coefficient (Wildman–Crippen LogP) is 8.71. The normalized spacial score (nSPS) is 13.1. The van der Waals surface area contributed by atoms with Crippen LogP contribution in [0.15, 0.2) is 134 Å². The first-order valence-electron chi connectivity index (χ1n) is 19.7. The van der Waals surface area contributed by atoms with Crippen LogP contribution in [0.5, 0.6) is 11.5 Å². The van der Waals surface area contributed by atoms with Crippen LogP contribution in [0.3, 0.4) is 0 Å². The number of nitrogens with two attached hydrogens (primary N) is 1. The van der Waals surface area contributed by atoms with E-state index in [1.54, 1.807) is 77.3 Å². The number of nitrogens with one attached hydrogen (secondary N) is 5. The molecule has 21 heteroatoms. The first-order valence-corrected chi connectivity index (χ1v) is 19.7. The fraction of sp³-hybridized carbons (Fsp3) is 0.130. The van der Waals surface area contributed by atoms with Crippen molar-refractivity contribution in [2.75, 3.05) is 35.3 Å². The molecule has 0 unspecified atom stereocenters. The molecule has 15 nitrogen and oxygen atoms in total. The summed E-state index contributed by atoms with van der Waals surface area (Å²) in [5.74, 6) is -1.13. The molecule has 4 aromatic carbocycles. The van der Waals surface area contributed by atoms with E-state index >= 15 is 0 Å². The van der Waals surface area contributed by atoms with Gasteiger partial charge in [-0.2, -0.15) is 26.3 Å². The Bertz CT molecular complexity index is 2790. The lowest BCUT2D eigenvalue weighted by Crippen LogP contribution is -2.36. The van der Waals surface area contributed by atoms with Crippen molar-refractivity contribution in [3.8, 4) is 11.5 Å². The van der Waals surface area contributed by atoms with E-state index in [9.17, 15) is 35.9 Å². The Balaban J connectivity index is 0.000000185. The maximum Gasteiger partial charge on any atom is 0.416 e. The van der Waals surface area contributed by atoms with E-state index in [0.717, 1.165) is 63.6 Å². The molecule has 6 aromatic rings. The lowest BCUT2D eigenvalue weighted by Gasteiger charge is -2.15. The minimum absolute atomic E-state index is 0.0164. The van der Waals surface area contributed by atoms with E-state index in [0.29, 0.717) is 5.70 Å². The number of methoxy groups -OCH3 is 2. The number of aryl methyl sites for hydroxylation is 2. The summed E-state index contributed by atoms with van der Waals surface area (Å²) in [4.78, 5) is 32.1. The van der Waals surface area contributed by atoms with Crippen molar-refractivity contribution in [1.82, 2.24) is 31.9 Å². The van der Waals surface area contributed by atoms with Crippen LogP contribution in [0, 0.1) is 13.8 Å². The second-order valence-corrected chi connectivity index (χ2v) is 14.4. The molecule has 0 spiro atoms. The number of halogens is 6. The number of aromatic nitrogens is 2. The number of hydrogen-bond acceptors (Lipinski definition) is 13. The fourth-order valence-electron chi connectivity index (χ4n) is 6.36. The van der Waals surface area contributed by atoms with Crippen LogP contribution in [-0.2, 0) is 12.4 Å². The number of ether oxygens (including phenoxy) is 2. The number of anilines is 4. The fourth-order valence-corrected chi connectivity index (χ4v) is 6.36. The first-order chi connectivity index (χ1) is 31.9.